The number of aliphatic hydroxyl groups excluding tert-OH is 1. The molecule has 0 spiro atoms. The van der Waals surface area contributed by atoms with E-state index in [1.54, 1.807) is 0 Å². The molecule has 0 aromatic heterocycles. The van der Waals surface area contributed by atoms with Crippen molar-refractivity contribution < 1.29 is 80.2 Å². The zero-order valence-electron chi connectivity index (χ0n) is 70.8. The van der Waals surface area contributed by atoms with Crippen LogP contribution in [0.4, 0.5) is 0 Å². The third-order valence-corrected chi connectivity index (χ3v) is 23.0. The van der Waals surface area contributed by atoms with Crippen molar-refractivity contribution in [2.75, 3.05) is 39.6 Å². The van der Waals surface area contributed by atoms with E-state index in [4.69, 9.17) is 37.0 Å². The molecule has 0 aliphatic carbocycles. The third kappa shape index (κ3) is 82.1. The van der Waals surface area contributed by atoms with E-state index < -0.39 is 97.5 Å². The number of esters is 4. The van der Waals surface area contributed by atoms with E-state index in [1.807, 2.05) is 0 Å². The molecule has 0 fully saturated rings. The minimum atomic E-state index is -4.96. The molecule has 0 aliphatic heterocycles. The number of carbonyl (C=O) groups excluding carboxylic acids is 4. The van der Waals surface area contributed by atoms with Gasteiger partial charge in [-0.05, 0) is 25.7 Å². The fourth-order valence-corrected chi connectivity index (χ4v) is 15.6. The summed E-state index contributed by atoms with van der Waals surface area (Å²) in [5, 5.41) is 10.7. The molecule has 0 heterocycles. The molecule has 3 N–H and O–H groups in total. The van der Waals surface area contributed by atoms with Crippen LogP contribution >= 0.6 is 15.6 Å². The molecule has 2 unspecified atom stereocenters. The van der Waals surface area contributed by atoms with Crippen molar-refractivity contribution in [3.8, 4) is 0 Å². The molecule has 0 aromatic carbocycles. The van der Waals surface area contributed by atoms with E-state index in [1.165, 1.54) is 315 Å². The Morgan fingerprint density at radius 3 is 0.546 bits per heavy atom. The van der Waals surface area contributed by atoms with Crippen LogP contribution in [0.25, 0.3) is 0 Å². The molecule has 0 saturated heterocycles. The predicted molar refractivity (Wildman–Crippen MR) is 446 cm³/mol. The number of hydrogen-bond donors (Lipinski definition) is 3. The summed E-state index contributed by atoms with van der Waals surface area (Å²) >= 11 is 0. The SMILES string of the molecule is CCCCCCCCCCCCCCCCCCCCCCCCC(=O)OC[C@H](COP(=O)(O)OC[C@@H](O)COP(=O)(O)OC[C@@H](COC(=O)CCCCCCC)OC(=O)CCCCCCCCCCCCCCCCCCCCC)OC(=O)CCCCCCCCCCCCCCCCCCCCCCCC. The second-order valence-corrected chi connectivity index (χ2v) is 34.9. The molecule has 642 valence electrons. The van der Waals surface area contributed by atoms with Gasteiger partial charge in [-0.25, -0.2) is 9.13 Å². The van der Waals surface area contributed by atoms with E-state index >= 15 is 0 Å². The van der Waals surface area contributed by atoms with E-state index in [0.717, 1.165) is 96.3 Å². The Morgan fingerprint density at radius 1 is 0.222 bits per heavy atom. The molecule has 19 heteroatoms. The lowest BCUT2D eigenvalue weighted by atomic mass is 10.0. The van der Waals surface area contributed by atoms with Gasteiger partial charge in [0.1, 0.15) is 19.3 Å². The van der Waals surface area contributed by atoms with Gasteiger partial charge in [0, 0.05) is 25.7 Å². The van der Waals surface area contributed by atoms with Crippen molar-refractivity contribution >= 4 is 39.5 Å². The number of aliphatic hydroxyl groups is 1. The summed E-state index contributed by atoms with van der Waals surface area (Å²) in [6, 6.07) is 0. The Bertz CT molecular complexity index is 2030. The highest BCUT2D eigenvalue weighted by molar-refractivity contribution is 7.47. The molecule has 17 nitrogen and oxygen atoms in total. The second-order valence-electron chi connectivity index (χ2n) is 32.0. The zero-order valence-corrected chi connectivity index (χ0v) is 72.6. The second kappa shape index (κ2) is 83.0. The van der Waals surface area contributed by atoms with Gasteiger partial charge in [-0.3, -0.25) is 37.3 Å². The van der Waals surface area contributed by atoms with Crippen LogP contribution in [0, 0.1) is 0 Å². The number of unbranched alkanes of at least 4 members (excludes halogenated alkanes) is 64. The predicted octanol–water partition coefficient (Wildman–Crippen LogP) is 27.7. The van der Waals surface area contributed by atoms with Crippen LogP contribution in [0.3, 0.4) is 0 Å². The van der Waals surface area contributed by atoms with Gasteiger partial charge >= 0.3 is 39.5 Å². The minimum absolute atomic E-state index is 0.108. The standard InChI is InChI=1S/C89H174O17P2/c1-5-9-13-17-20-23-26-29-32-35-38-40-42-45-47-50-53-56-59-62-66-70-74-87(92)100-80-85(106-89(94)76-72-68-64-61-58-55-52-49-46-43-41-39-36-33-30-27-24-21-18-14-10-6-2)82-104-108(97,98)102-78-83(90)77-101-107(95,96)103-81-84(79-99-86(91)73-69-65-16-12-8-4)105-88(93)75-71-67-63-60-57-54-51-48-44-37-34-31-28-25-22-19-15-11-7-3/h83-85,90H,5-82H2,1-4H3,(H,95,96)(H,97,98)/t83-,84+,85+/m0/s1. The van der Waals surface area contributed by atoms with Crippen molar-refractivity contribution in [2.24, 2.45) is 0 Å². The maximum absolute atomic E-state index is 13.2. The van der Waals surface area contributed by atoms with Crippen LogP contribution < -0.4 is 0 Å². The average Bonchev–Trinajstić information content (AvgIpc) is 0.900. The summed E-state index contributed by atoms with van der Waals surface area (Å²) < 4.78 is 68.7. The van der Waals surface area contributed by atoms with Gasteiger partial charge < -0.3 is 33.8 Å². The van der Waals surface area contributed by atoms with Gasteiger partial charge in [0.05, 0.1) is 26.4 Å². The Labute approximate surface area is 664 Å². The van der Waals surface area contributed by atoms with Gasteiger partial charge in [-0.1, -0.05) is 439 Å². The van der Waals surface area contributed by atoms with E-state index in [9.17, 15) is 43.2 Å². The monoisotopic (exact) mass is 1580 g/mol. The van der Waals surface area contributed by atoms with Crippen LogP contribution in [-0.4, -0.2) is 96.7 Å². The Kier molecular flexibility index (Phi) is 81.5. The molecule has 0 amide bonds. The maximum Gasteiger partial charge on any atom is 0.472 e. The number of hydrogen-bond acceptors (Lipinski definition) is 15. The summed E-state index contributed by atoms with van der Waals surface area (Å²) in [5.41, 5.74) is 0. The summed E-state index contributed by atoms with van der Waals surface area (Å²) in [6.07, 6.45) is 80.0. The highest BCUT2D eigenvalue weighted by Gasteiger charge is 2.30. The lowest BCUT2D eigenvalue weighted by Crippen LogP contribution is -2.30. The third-order valence-electron chi connectivity index (χ3n) is 21.1. The Morgan fingerprint density at radius 2 is 0.370 bits per heavy atom. The maximum atomic E-state index is 13.2. The molecule has 108 heavy (non-hydrogen) atoms. The summed E-state index contributed by atoms with van der Waals surface area (Å²) in [6.45, 7) is 4.97. The van der Waals surface area contributed by atoms with Crippen LogP contribution in [0.1, 0.15) is 490 Å². The van der Waals surface area contributed by atoms with Gasteiger partial charge in [0.2, 0.25) is 0 Å². The molecule has 0 aromatic rings. The number of carbonyl (C=O) groups is 4. The smallest absolute Gasteiger partial charge is 0.462 e. The number of rotatable bonds is 90. The van der Waals surface area contributed by atoms with Crippen molar-refractivity contribution in [3.63, 3.8) is 0 Å². The molecule has 0 rings (SSSR count). The van der Waals surface area contributed by atoms with Gasteiger partial charge in [-0.15, -0.1) is 0 Å². The lowest BCUT2D eigenvalue weighted by molar-refractivity contribution is -0.161. The first kappa shape index (κ1) is 106. The number of phosphoric acid groups is 2. The Balaban J connectivity index is 5.08. The summed E-state index contributed by atoms with van der Waals surface area (Å²) in [4.78, 5) is 73.0. The normalized spacial score (nSPS) is 13.7. The summed E-state index contributed by atoms with van der Waals surface area (Å²) in [7, 11) is -9.92. The van der Waals surface area contributed by atoms with Crippen LogP contribution in [0.2, 0.25) is 0 Å². The van der Waals surface area contributed by atoms with Crippen molar-refractivity contribution in [1.29, 1.82) is 0 Å². The van der Waals surface area contributed by atoms with E-state index in [0.29, 0.717) is 25.7 Å². The Hall–Kier alpha value is -1.94. The largest absolute Gasteiger partial charge is 0.472 e. The summed E-state index contributed by atoms with van der Waals surface area (Å²) in [5.74, 6) is -2.11. The van der Waals surface area contributed by atoms with Gasteiger partial charge in [0.15, 0.2) is 12.2 Å². The van der Waals surface area contributed by atoms with Crippen molar-refractivity contribution in [2.45, 2.75) is 508 Å². The first-order valence-electron chi connectivity index (χ1n) is 46.3. The van der Waals surface area contributed by atoms with Gasteiger partial charge in [0.25, 0.3) is 0 Å². The molecule has 0 bridgehead atoms. The van der Waals surface area contributed by atoms with E-state index in [-0.39, 0.29) is 25.7 Å². The van der Waals surface area contributed by atoms with Crippen LogP contribution in [0.5, 0.6) is 0 Å². The fourth-order valence-electron chi connectivity index (χ4n) is 14.1. The van der Waals surface area contributed by atoms with Crippen LogP contribution in [0.15, 0.2) is 0 Å². The van der Waals surface area contributed by atoms with Crippen molar-refractivity contribution in [1.82, 2.24) is 0 Å². The molecule has 0 saturated carbocycles. The molecular weight excluding hydrogens is 1400 g/mol. The number of phosphoric ester groups is 2. The average molecular weight is 1580 g/mol. The fraction of sp³-hybridized carbons (Fsp3) is 0.955. The van der Waals surface area contributed by atoms with Crippen molar-refractivity contribution in [3.05, 3.63) is 0 Å². The number of ether oxygens (including phenoxy) is 4. The molecule has 0 aliphatic rings. The van der Waals surface area contributed by atoms with Gasteiger partial charge in [-0.2, -0.15) is 0 Å². The molecular formula is C89H174O17P2. The first-order chi connectivity index (χ1) is 52.7. The zero-order chi connectivity index (χ0) is 78.9. The first-order valence-corrected chi connectivity index (χ1v) is 49.3. The van der Waals surface area contributed by atoms with Crippen LogP contribution in [-0.2, 0) is 65.4 Å². The highest BCUT2D eigenvalue weighted by atomic mass is 31.2. The lowest BCUT2D eigenvalue weighted by Gasteiger charge is -2.21. The van der Waals surface area contributed by atoms with E-state index in [2.05, 4.69) is 27.7 Å². The topological polar surface area (TPSA) is 237 Å². The molecule has 5 atom stereocenters. The minimum Gasteiger partial charge on any atom is -0.462 e. The quantitative estimate of drug-likeness (QED) is 0.0222. The molecule has 0 radical (unpaired) electrons. The highest BCUT2D eigenvalue weighted by Crippen LogP contribution is 2.45.